The zero-order chi connectivity index (χ0) is 25.4. The Kier molecular flexibility index (Phi) is 6.87. The summed E-state index contributed by atoms with van der Waals surface area (Å²) >= 11 is 12.3. The van der Waals surface area contributed by atoms with Crippen molar-refractivity contribution in [2.75, 3.05) is 30.3 Å². The molecule has 1 aromatic heterocycles. The predicted molar refractivity (Wildman–Crippen MR) is 141 cm³/mol. The summed E-state index contributed by atoms with van der Waals surface area (Å²) < 4.78 is 0. The fourth-order valence-corrected chi connectivity index (χ4v) is 4.88. The molecule has 0 radical (unpaired) electrons. The van der Waals surface area contributed by atoms with E-state index in [4.69, 9.17) is 33.2 Å². The lowest BCUT2D eigenvalue weighted by atomic mass is 10.0. The third-order valence-corrected chi connectivity index (χ3v) is 7.06. The number of fused-ring (bicyclic) bond motifs is 5. The highest BCUT2D eigenvalue weighted by atomic mass is 35.5. The summed E-state index contributed by atoms with van der Waals surface area (Å²) in [6.07, 6.45) is -0.411. The van der Waals surface area contributed by atoms with Crippen molar-refractivity contribution in [1.29, 1.82) is 0 Å². The number of nitrogens with zero attached hydrogens (tertiary/aromatic N) is 4. The van der Waals surface area contributed by atoms with Crippen LogP contribution in [0.2, 0.25) is 10.0 Å². The number of piperazine rings is 1. The van der Waals surface area contributed by atoms with Crippen LogP contribution in [0, 0.1) is 5.92 Å². The average molecular weight is 528 g/mol. The molecule has 2 aliphatic rings. The van der Waals surface area contributed by atoms with E-state index in [0.717, 1.165) is 10.9 Å². The van der Waals surface area contributed by atoms with Crippen molar-refractivity contribution in [2.24, 2.45) is 5.92 Å². The number of halogens is 2. The fourth-order valence-electron chi connectivity index (χ4n) is 4.54. The fraction of sp³-hybridized carbons (Fsp3) is 0.360. The van der Waals surface area contributed by atoms with Crippen LogP contribution in [0.3, 0.4) is 0 Å². The summed E-state index contributed by atoms with van der Waals surface area (Å²) in [5, 5.41) is 11.1. The Labute approximate surface area is 219 Å². The zero-order valence-corrected chi connectivity index (χ0v) is 21.5. The molecule has 1 fully saturated rings. The second-order valence-corrected chi connectivity index (χ2v) is 10.2. The number of rotatable bonds is 2. The van der Waals surface area contributed by atoms with Crippen molar-refractivity contribution in [2.45, 2.75) is 32.6 Å². The van der Waals surface area contributed by atoms with Gasteiger partial charge in [0.15, 0.2) is 0 Å². The molecule has 2 aliphatic heterocycles. The highest BCUT2D eigenvalue weighted by Crippen LogP contribution is 2.27. The molecule has 9 nitrogen and oxygen atoms in total. The smallest absolute Gasteiger partial charge is 0.322 e. The van der Waals surface area contributed by atoms with Gasteiger partial charge in [-0.2, -0.15) is 0 Å². The molecule has 3 heterocycles. The minimum atomic E-state index is -0.509. The van der Waals surface area contributed by atoms with Gasteiger partial charge in [0, 0.05) is 23.5 Å². The number of nitrogens with one attached hydrogen (secondary N) is 3. The number of hydrogen-bond acceptors (Lipinski definition) is 6. The monoisotopic (exact) mass is 527 g/mol. The van der Waals surface area contributed by atoms with Gasteiger partial charge in [-0.15, -0.1) is 0 Å². The van der Waals surface area contributed by atoms with Gasteiger partial charge in [0.1, 0.15) is 23.8 Å². The van der Waals surface area contributed by atoms with E-state index in [1.807, 2.05) is 38.1 Å². The van der Waals surface area contributed by atoms with E-state index in [9.17, 15) is 9.59 Å². The molecule has 1 unspecified atom stereocenters. The van der Waals surface area contributed by atoms with Gasteiger partial charge in [-0.25, -0.2) is 14.8 Å². The standard InChI is InChI=1S/C25H27Cl2N7O2/c1-14(2)22-24(35)31-21-13-34(25(36)29-19-11-15(26)7-8-17(19)27)10-9-33(21)12-20-28-18-6-4-3-5-16(18)23(30-20)32-22/h3-8,11,14,21-22H,9-10,12-13H2,1-2H3,(H,29,36)(H,31,35)(H,28,30,32)/t21?,22-/m0/s1. The summed E-state index contributed by atoms with van der Waals surface area (Å²) in [4.78, 5) is 39.8. The van der Waals surface area contributed by atoms with Gasteiger partial charge in [0.25, 0.3) is 0 Å². The number of benzene rings is 2. The van der Waals surface area contributed by atoms with Crippen molar-refractivity contribution in [1.82, 2.24) is 25.1 Å². The van der Waals surface area contributed by atoms with Crippen LogP contribution in [0.5, 0.6) is 0 Å². The summed E-state index contributed by atoms with van der Waals surface area (Å²) in [6, 6.07) is 11.9. The van der Waals surface area contributed by atoms with Crippen molar-refractivity contribution in [3.05, 3.63) is 58.3 Å². The largest absolute Gasteiger partial charge is 0.358 e. The average Bonchev–Trinajstić information content (AvgIpc) is 2.85. The minimum absolute atomic E-state index is 0.00279. The molecule has 0 aliphatic carbocycles. The quantitative estimate of drug-likeness (QED) is 0.462. The number of para-hydroxylation sites is 1. The Hall–Kier alpha value is -3.14. The Balaban J connectivity index is 1.42. The van der Waals surface area contributed by atoms with Crippen molar-refractivity contribution in [3.63, 3.8) is 0 Å². The maximum atomic E-state index is 13.4. The van der Waals surface area contributed by atoms with Gasteiger partial charge >= 0.3 is 6.03 Å². The molecule has 1 saturated heterocycles. The van der Waals surface area contributed by atoms with Gasteiger partial charge in [0.2, 0.25) is 5.91 Å². The van der Waals surface area contributed by atoms with Crippen LogP contribution in [0.1, 0.15) is 19.7 Å². The van der Waals surface area contributed by atoms with E-state index in [1.54, 1.807) is 23.1 Å². The maximum absolute atomic E-state index is 13.4. The lowest BCUT2D eigenvalue weighted by Gasteiger charge is -2.42. The molecule has 3 aromatic rings. The minimum Gasteiger partial charge on any atom is -0.358 e. The molecule has 2 bridgehead atoms. The first-order valence-electron chi connectivity index (χ1n) is 11.9. The zero-order valence-electron chi connectivity index (χ0n) is 20.0. The summed E-state index contributed by atoms with van der Waals surface area (Å²) in [5.74, 6) is 1.16. The molecule has 3 amide bonds. The molecule has 3 N–H and O–H groups in total. The first kappa shape index (κ1) is 24.5. The lowest BCUT2D eigenvalue weighted by Crippen LogP contribution is -2.63. The highest BCUT2D eigenvalue weighted by molar-refractivity contribution is 6.35. The molecule has 0 saturated carbocycles. The summed E-state index contributed by atoms with van der Waals surface area (Å²) in [5.41, 5.74) is 1.26. The topological polar surface area (TPSA) is 102 Å². The first-order valence-corrected chi connectivity index (χ1v) is 12.6. The highest BCUT2D eigenvalue weighted by Gasteiger charge is 2.35. The van der Waals surface area contributed by atoms with Crippen LogP contribution in [-0.2, 0) is 11.3 Å². The van der Waals surface area contributed by atoms with Crippen LogP contribution in [-0.4, -0.2) is 63.5 Å². The van der Waals surface area contributed by atoms with Crippen molar-refractivity contribution >= 4 is 57.5 Å². The van der Waals surface area contributed by atoms with Gasteiger partial charge in [-0.3, -0.25) is 9.69 Å². The maximum Gasteiger partial charge on any atom is 0.322 e. The summed E-state index contributed by atoms with van der Waals surface area (Å²) in [7, 11) is 0. The van der Waals surface area contributed by atoms with E-state index >= 15 is 0 Å². The van der Waals surface area contributed by atoms with Crippen LogP contribution in [0.4, 0.5) is 16.3 Å². The molecule has 5 rings (SSSR count). The lowest BCUT2D eigenvalue weighted by molar-refractivity contribution is -0.125. The van der Waals surface area contributed by atoms with Crippen LogP contribution in [0.25, 0.3) is 10.9 Å². The number of carbonyl (C=O) groups is 2. The van der Waals surface area contributed by atoms with Crippen LogP contribution >= 0.6 is 23.2 Å². The first-order chi connectivity index (χ1) is 17.3. The van der Waals surface area contributed by atoms with Gasteiger partial charge in [-0.1, -0.05) is 49.2 Å². The van der Waals surface area contributed by atoms with Crippen molar-refractivity contribution < 1.29 is 9.59 Å². The van der Waals surface area contributed by atoms with E-state index in [2.05, 4.69) is 20.9 Å². The third kappa shape index (κ3) is 5.04. The molecule has 11 heteroatoms. The van der Waals surface area contributed by atoms with Crippen molar-refractivity contribution in [3.8, 4) is 0 Å². The molecule has 0 spiro atoms. The van der Waals surface area contributed by atoms with E-state index in [0.29, 0.717) is 53.6 Å². The van der Waals surface area contributed by atoms with Crippen LogP contribution in [0.15, 0.2) is 42.5 Å². The normalized spacial score (nSPS) is 20.5. The number of urea groups is 1. The van der Waals surface area contributed by atoms with Gasteiger partial charge in [-0.05, 0) is 36.2 Å². The van der Waals surface area contributed by atoms with Gasteiger partial charge < -0.3 is 20.9 Å². The number of amides is 3. The van der Waals surface area contributed by atoms with E-state index in [-0.39, 0.29) is 17.9 Å². The van der Waals surface area contributed by atoms with Crippen LogP contribution < -0.4 is 16.0 Å². The summed E-state index contributed by atoms with van der Waals surface area (Å²) in [6.45, 7) is 5.70. The third-order valence-electron chi connectivity index (χ3n) is 6.49. The molecule has 2 atom stereocenters. The SMILES string of the molecule is CC(C)[C@@H]1Nc2nc(nc3ccccc23)CN2CCN(C(=O)Nc3cc(Cl)ccc3Cl)CC2NC1=O. The second-order valence-electron chi connectivity index (χ2n) is 9.37. The van der Waals surface area contributed by atoms with Gasteiger partial charge in [0.05, 0.1) is 29.3 Å². The molecular weight excluding hydrogens is 501 g/mol. The number of anilines is 2. The number of hydrogen-bond donors (Lipinski definition) is 3. The van der Waals surface area contributed by atoms with E-state index in [1.165, 1.54) is 0 Å². The predicted octanol–water partition coefficient (Wildman–Crippen LogP) is 4.18. The Morgan fingerprint density at radius 1 is 1.11 bits per heavy atom. The molecule has 2 aromatic carbocycles. The number of carbonyl (C=O) groups excluding carboxylic acids is 2. The Bertz CT molecular complexity index is 1320. The van der Waals surface area contributed by atoms with E-state index < -0.39 is 12.2 Å². The Morgan fingerprint density at radius 2 is 1.92 bits per heavy atom. The molecular formula is C25H27Cl2N7O2. The second kappa shape index (κ2) is 10.1. The molecule has 36 heavy (non-hydrogen) atoms. The number of aromatic nitrogens is 2. The molecule has 188 valence electrons. The Morgan fingerprint density at radius 3 is 2.72 bits per heavy atom.